The number of aryl methyl sites for hydroxylation is 1. The van der Waals surface area contributed by atoms with Crippen LogP contribution in [0.2, 0.25) is 0 Å². The number of hydrogen-bond acceptors (Lipinski definition) is 2. The van der Waals surface area contributed by atoms with Gasteiger partial charge in [0.05, 0.1) is 7.11 Å². The minimum atomic E-state index is 0.101. The lowest BCUT2D eigenvalue weighted by atomic mass is 10.0. The molecule has 0 aliphatic rings. The van der Waals surface area contributed by atoms with Gasteiger partial charge in [0.25, 0.3) is 0 Å². The standard InChI is InChI=1S/C16H25NO2/c1-5-6-13(3)16(18)17-10-9-14-11-12(2)7-8-15(14)19-4/h7-8,11,13H,5-6,9-10H2,1-4H3,(H,17,18). The van der Waals surface area contributed by atoms with Crippen molar-refractivity contribution in [3.8, 4) is 5.75 Å². The normalized spacial score (nSPS) is 12.0. The van der Waals surface area contributed by atoms with E-state index in [0.29, 0.717) is 6.54 Å². The van der Waals surface area contributed by atoms with Gasteiger partial charge in [0, 0.05) is 12.5 Å². The van der Waals surface area contributed by atoms with Crippen molar-refractivity contribution in [2.75, 3.05) is 13.7 Å². The van der Waals surface area contributed by atoms with Crippen LogP contribution in [0.15, 0.2) is 18.2 Å². The van der Waals surface area contributed by atoms with Crippen LogP contribution in [0, 0.1) is 12.8 Å². The average Bonchev–Trinajstić information content (AvgIpc) is 2.39. The molecule has 1 amide bonds. The zero-order chi connectivity index (χ0) is 14.3. The predicted molar refractivity (Wildman–Crippen MR) is 78.5 cm³/mol. The Morgan fingerprint density at radius 2 is 2.16 bits per heavy atom. The van der Waals surface area contributed by atoms with Gasteiger partial charge in [-0.2, -0.15) is 0 Å². The Kier molecular flexibility index (Phi) is 6.40. The maximum atomic E-state index is 11.8. The van der Waals surface area contributed by atoms with Crippen LogP contribution in [0.5, 0.6) is 5.75 Å². The topological polar surface area (TPSA) is 38.3 Å². The summed E-state index contributed by atoms with van der Waals surface area (Å²) >= 11 is 0. The highest BCUT2D eigenvalue weighted by molar-refractivity contribution is 5.78. The third kappa shape index (κ3) is 4.93. The lowest BCUT2D eigenvalue weighted by molar-refractivity contribution is -0.124. The fourth-order valence-electron chi connectivity index (χ4n) is 2.16. The second-order valence-corrected chi connectivity index (χ2v) is 5.05. The summed E-state index contributed by atoms with van der Waals surface area (Å²) < 4.78 is 5.33. The van der Waals surface area contributed by atoms with Crippen molar-refractivity contribution < 1.29 is 9.53 Å². The number of benzene rings is 1. The Morgan fingerprint density at radius 3 is 2.79 bits per heavy atom. The Hall–Kier alpha value is -1.51. The van der Waals surface area contributed by atoms with Crippen molar-refractivity contribution in [3.05, 3.63) is 29.3 Å². The number of nitrogens with one attached hydrogen (secondary N) is 1. The quantitative estimate of drug-likeness (QED) is 0.821. The highest BCUT2D eigenvalue weighted by Gasteiger charge is 2.11. The van der Waals surface area contributed by atoms with Crippen molar-refractivity contribution in [1.82, 2.24) is 5.32 Å². The van der Waals surface area contributed by atoms with Crippen molar-refractivity contribution in [2.24, 2.45) is 5.92 Å². The largest absolute Gasteiger partial charge is 0.496 e. The van der Waals surface area contributed by atoms with E-state index < -0.39 is 0 Å². The molecule has 1 atom stereocenters. The fourth-order valence-corrected chi connectivity index (χ4v) is 2.16. The summed E-state index contributed by atoms with van der Waals surface area (Å²) in [5.41, 5.74) is 2.35. The van der Waals surface area contributed by atoms with Gasteiger partial charge in [-0.05, 0) is 31.4 Å². The highest BCUT2D eigenvalue weighted by Crippen LogP contribution is 2.19. The number of rotatable bonds is 7. The van der Waals surface area contributed by atoms with Gasteiger partial charge in [-0.1, -0.05) is 38.0 Å². The molecular formula is C16H25NO2. The van der Waals surface area contributed by atoms with Crippen LogP contribution in [-0.4, -0.2) is 19.6 Å². The summed E-state index contributed by atoms with van der Waals surface area (Å²) in [4.78, 5) is 11.8. The van der Waals surface area contributed by atoms with E-state index in [1.807, 2.05) is 19.1 Å². The molecule has 0 heterocycles. The molecule has 1 rings (SSSR count). The first-order valence-corrected chi connectivity index (χ1v) is 6.99. The molecule has 0 saturated carbocycles. The molecule has 1 aromatic rings. The maximum Gasteiger partial charge on any atom is 0.222 e. The van der Waals surface area contributed by atoms with Crippen LogP contribution in [0.4, 0.5) is 0 Å². The van der Waals surface area contributed by atoms with E-state index in [2.05, 4.69) is 25.2 Å². The Labute approximate surface area is 116 Å². The molecule has 106 valence electrons. The van der Waals surface area contributed by atoms with Gasteiger partial charge in [0.2, 0.25) is 5.91 Å². The molecule has 1 N–H and O–H groups in total. The van der Waals surface area contributed by atoms with E-state index >= 15 is 0 Å². The number of methoxy groups -OCH3 is 1. The molecule has 0 aromatic heterocycles. The highest BCUT2D eigenvalue weighted by atomic mass is 16.5. The number of carbonyl (C=O) groups is 1. The first kappa shape index (κ1) is 15.5. The molecular weight excluding hydrogens is 238 g/mol. The van der Waals surface area contributed by atoms with Crippen LogP contribution in [0.1, 0.15) is 37.8 Å². The minimum Gasteiger partial charge on any atom is -0.496 e. The summed E-state index contributed by atoms with van der Waals surface area (Å²) in [5.74, 6) is 1.14. The molecule has 0 fully saturated rings. The molecule has 0 radical (unpaired) electrons. The van der Waals surface area contributed by atoms with Gasteiger partial charge in [-0.3, -0.25) is 4.79 Å². The molecule has 3 nitrogen and oxygen atoms in total. The number of ether oxygens (including phenoxy) is 1. The molecule has 1 unspecified atom stereocenters. The van der Waals surface area contributed by atoms with E-state index in [1.165, 1.54) is 5.56 Å². The molecule has 3 heteroatoms. The Balaban J connectivity index is 2.49. The number of hydrogen-bond donors (Lipinski definition) is 1. The second-order valence-electron chi connectivity index (χ2n) is 5.05. The van der Waals surface area contributed by atoms with Gasteiger partial charge in [-0.15, -0.1) is 0 Å². The molecule has 0 spiro atoms. The van der Waals surface area contributed by atoms with E-state index in [4.69, 9.17) is 4.74 Å². The monoisotopic (exact) mass is 263 g/mol. The van der Waals surface area contributed by atoms with E-state index in [-0.39, 0.29) is 11.8 Å². The second kappa shape index (κ2) is 7.82. The van der Waals surface area contributed by atoms with Crippen LogP contribution in [0.25, 0.3) is 0 Å². The molecule has 0 saturated heterocycles. The first-order chi connectivity index (χ1) is 9.08. The first-order valence-electron chi connectivity index (χ1n) is 6.99. The summed E-state index contributed by atoms with van der Waals surface area (Å²) in [6.45, 7) is 6.80. The SMILES string of the molecule is CCCC(C)C(=O)NCCc1cc(C)ccc1OC. The molecule has 1 aromatic carbocycles. The third-order valence-corrected chi connectivity index (χ3v) is 3.30. The summed E-state index contributed by atoms with van der Waals surface area (Å²) in [6.07, 6.45) is 2.79. The fraction of sp³-hybridized carbons (Fsp3) is 0.562. The van der Waals surface area contributed by atoms with Crippen molar-refractivity contribution in [3.63, 3.8) is 0 Å². The Morgan fingerprint density at radius 1 is 1.42 bits per heavy atom. The maximum absolute atomic E-state index is 11.8. The van der Waals surface area contributed by atoms with Crippen LogP contribution >= 0.6 is 0 Å². The van der Waals surface area contributed by atoms with Crippen molar-refractivity contribution in [2.45, 2.75) is 40.0 Å². The Bertz CT molecular complexity index is 415. The minimum absolute atomic E-state index is 0.101. The van der Waals surface area contributed by atoms with Crippen LogP contribution in [-0.2, 0) is 11.2 Å². The zero-order valence-electron chi connectivity index (χ0n) is 12.5. The summed E-state index contributed by atoms with van der Waals surface area (Å²) in [5, 5.41) is 2.99. The lowest BCUT2D eigenvalue weighted by Gasteiger charge is -2.13. The van der Waals surface area contributed by atoms with Gasteiger partial charge in [0.1, 0.15) is 5.75 Å². The van der Waals surface area contributed by atoms with E-state index in [1.54, 1.807) is 7.11 Å². The van der Waals surface area contributed by atoms with Gasteiger partial charge in [0.15, 0.2) is 0 Å². The van der Waals surface area contributed by atoms with Crippen molar-refractivity contribution in [1.29, 1.82) is 0 Å². The smallest absolute Gasteiger partial charge is 0.222 e. The lowest BCUT2D eigenvalue weighted by Crippen LogP contribution is -2.30. The third-order valence-electron chi connectivity index (χ3n) is 3.30. The molecule has 19 heavy (non-hydrogen) atoms. The predicted octanol–water partition coefficient (Wildman–Crippen LogP) is 3.10. The summed E-state index contributed by atoms with van der Waals surface area (Å²) in [6, 6.07) is 6.12. The molecule has 0 bridgehead atoms. The average molecular weight is 263 g/mol. The zero-order valence-corrected chi connectivity index (χ0v) is 12.5. The van der Waals surface area contributed by atoms with E-state index in [9.17, 15) is 4.79 Å². The van der Waals surface area contributed by atoms with Crippen LogP contribution in [0.3, 0.4) is 0 Å². The summed E-state index contributed by atoms with van der Waals surface area (Å²) in [7, 11) is 1.68. The van der Waals surface area contributed by atoms with Gasteiger partial charge < -0.3 is 10.1 Å². The van der Waals surface area contributed by atoms with Gasteiger partial charge >= 0.3 is 0 Å². The van der Waals surface area contributed by atoms with E-state index in [0.717, 1.165) is 30.6 Å². The van der Waals surface area contributed by atoms with Gasteiger partial charge in [-0.25, -0.2) is 0 Å². The number of amides is 1. The molecule has 0 aliphatic heterocycles. The van der Waals surface area contributed by atoms with Crippen molar-refractivity contribution >= 4 is 5.91 Å². The van der Waals surface area contributed by atoms with Crippen LogP contribution < -0.4 is 10.1 Å². The number of carbonyl (C=O) groups excluding carboxylic acids is 1. The molecule has 0 aliphatic carbocycles.